The number of piperazine rings is 1. The van der Waals surface area contributed by atoms with Gasteiger partial charge in [0.05, 0.1) is 0 Å². The summed E-state index contributed by atoms with van der Waals surface area (Å²) in [5, 5.41) is 6.24. The molecule has 2 N–H and O–H groups in total. The molecule has 1 saturated heterocycles. The van der Waals surface area contributed by atoms with Crippen LogP contribution in [0.2, 0.25) is 0 Å². The van der Waals surface area contributed by atoms with Crippen LogP contribution in [-0.2, 0) is 9.53 Å². The number of unbranched alkanes of at least 4 members (excludes halogenated alkanes) is 2. The molecule has 1 aliphatic rings. The molecule has 0 bridgehead atoms. The Labute approximate surface area is 129 Å². The van der Waals surface area contributed by atoms with Gasteiger partial charge in [0.1, 0.15) is 6.61 Å². The molecule has 5 nitrogen and oxygen atoms in total. The topological polar surface area (TPSA) is 53.6 Å². The monoisotopic (exact) mass is 307 g/mol. The average molecular weight is 308 g/mol. The Morgan fingerprint density at radius 1 is 1.25 bits per heavy atom. The number of nitrogens with one attached hydrogen (secondary N) is 2. The summed E-state index contributed by atoms with van der Waals surface area (Å²) < 4.78 is 5.31. The first-order chi connectivity index (χ1) is 9.33. The number of rotatable bonds is 10. The summed E-state index contributed by atoms with van der Waals surface area (Å²) in [6.07, 6.45) is 4.42. The molecule has 0 unspecified atom stereocenters. The minimum Gasteiger partial charge on any atom is -0.372 e. The van der Waals surface area contributed by atoms with Crippen molar-refractivity contribution in [3.8, 4) is 0 Å². The highest BCUT2D eigenvalue weighted by atomic mass is 35.5. The number of nitrogens with zero attached hydrogens (tertiary/aromatic N) is 1. The molecule has 0 aromatic rings. The average Bonchev–Trinajstić information content (AvgIpc) is 2.44. The summed E-state index contributed by atoms with van der Waals surface area (Å²) in [5.74, 6) is 0.0109. The highest BCUT2D eigenvalue weighted by molar-refractivity contribution is 5.85. The van der Waals surface area contributed by atoms with E-state index in [1.165, 1.54) is 12.8 Å². The first kappa shape index (κ1) is 19.6. The molecule has 0 aromatic carbocycles. The molecule has 20 heavy (non-hydrogen) atoms. The maximum Gasteiger partial charge on any atom is 0.245 e. The molecule has 0 spiro atoms. The molecule has 1 rings (SSSR count). The van der Waals surface area contributed by atoms with Crippen molar-refractivity contribution in [1.82, 2.24) is 15.5 Å². The van der Waals surface area contributed by atoms with Crippen molar-refractivity contribution in [3.05, 3.63) is 0 Å². The summed E-state index contributed by atoms with van der Waals surface area (Å²) in [6, 6.07) is 0. The van der Waals surface area contributed by atoms with E-state index in [-0.39, 0.29) is 24.9 Å². The fourth-order valence-electron chi connectivity index (χ4n) is 2.14. The minimum atomic E-state index is 0. The lowest BCUT2D eigenvalue weighted by atomic mass is 10.3. The number of carbonyl (C=O) groups excluding carboxylic acids is 1. The second-order valence-corrected chi connectivity index (χ2v) is 5.05. The zero-order valence-electron chi connectivity index (χ0n) is 12.7. The van der Waals surface area contributed by atoms with Crippen molar-refractivity contribution in [3.63, 3.8) is 0 Å². The van der Waals surface area contributed by atoms with Crippen LogP contribution in [0.15, 0.2) is 0 Å². The van der Waals surface area contributed by atoms with Crippen molar-refractivity contribution in [1.29, 1.82) is 0 Å². The van der Waals surface area contributed by atoms with Crippen LogP contribution in [0, 0.1) is 0 Å². The number of hydrogen-bond acceptors (Lipinski definition) is 4. The van der Waals surface area contributed by atoms with Crippen LogP contribution in [0.5, 0.6) is 0 Å². The molecule has 120 valence electrons. The van der Waals surface area contributed by atoms with Crippen molar-refractivity contribution >= 4 is 18.3 Å². The molecule has 1 heterocycles. The minimum absolute atomic E-state index is 0. The van der Waals surface area contributed by atoms with Crippen LogP contribution in [0.25, 0.3) is 0 Å². The van der Waals surface area contributed by atoms with Gasteiger partial charge in [-0.25, -0.2) is 0 Å². The predicted octanol–water partition coefficient (Wildman–Crippen LogP) is 1.03. The maximum atomic E-state index is 11.5. The summed E-state index contributed by atoms with van der Waals surface area (Å²) in [4.78, 5) is 13.9. The van der Waals surface area contributed by atoms with E-state index in [0.717, 1.165) is 52.1 Å². The Morgan fingerprint density at radius 2 is 2.00 bits per heavy atom. The van der Waals surface area contributed by atoms with Gasteiger partial charge in [-0.15, -0.1) is 12.4 Å². The second-order valence-electron chi connectivity index (χ2n) is 5.05. The van der Waals surface area contributed by atoms with Gasteiger partial charge in [-0.05, 0) is 19.4 Å². The van der Waals surface area contributed by atoms with E-state index in [9.17, 15) is 4.79 Å². The van der Waals surface area contributed by atoms with E-state index >= 15 is 0 Å². The lowest BCUT2D eigenvalue weighted by Gasteiger charge is -2.27. The van der Waals surface area contributed by atoms with Gasteiger partial charge in [0.15, 0.2) is 0 Å². The Morgan fingerprint density at radius 3 is 2.70 bits per heavy atom. The van der Waals surface area contributed by atoms with Crippen molar-refractivity contribution in [2.75, 3.05) is 52.5 Å². The number of halogens is 1. The molecule has 0 aliphatic carbocycles. The summed E-state index contributed by atoms with van der Waals surface area (Å²) in [7, 11) is 0. The van der Waals surface area contributed by atoms with Gasteiger partial charge in [-0.3, -0.25) is 4.79 Å². The van der Waals surface area contributed by atoms with E-state index in [4.69, 9.17) is 4.74 Å². The maximum absolute atomic E-state index is 11.5. The molecule has 0 aromatic heterocycles. The number of carbonyl (C=O) groups is 1. The van der Waals surface area contributed by atoms with Crippen molar-refractivity contribution in [2.24, 2.45) is 0 Å². The van der Waals surface area contributed by atoms with E-state index in [0.29, 0.717) is 6.61 Å². The third-order valence-corrected chi connectivity index (χ3v) is 3.31. The van der Waals surface area contributed by atoms with Crippen LogP contribution >= 0.6 is 12.4 Å². The molecule has 0 atom stereocenters. The van der Waals surface area contributed by atoms with Gasteiger partial charge in [0.25, 0.3) is 0 Å². The normalized spacial score (nSPS) is 15.7. The summed E-state index contributed by atoms with van der Waals surface area (Å²) in [6.45, 7) is 9.28. The molecule has 1 amide bonds. The van der Waals surface area contributed by atoms with Gasteiger partial charge in [0.2, 0.25) is 5.91 Å². The third kappa shape index (κ3) is 10.4. The Balaban J connectivity index is 0.00000361. The van der Waals surface area contributed by atoms with Crippen LogP contribution in [0.4, 0.5) is 0 Å². The standard InChI is InChI=1S/C14H29N3O2.ClH/c1-2-3-4-12-19-13-14(18)16-6-5-9-17-10-7-15-8-11-17;/h15H,2-13H2,1H3,(H,16,18);1H. The van der Waals surface area contributed by atoms with Gasteiger partial charge in [0, 0.05) is 39.3 Å². The second kappa shape index (κ2) is 13.6. The molecule has 0 saturated carbocycles. The molecular weight excluding hydrogens is 278 g/mol. The number of amides is 1. The van der Waals surface area contributed by atoms with Gasteiger partial charge < -0.3 is 20.3 Å². The highest BCUT2D eigenvalue weighted by Crippen LogP contribution is 1.94. The SMILES string of the molecule is CCCCCOCC(=O)NCCCN1CCNCC1.Cl. The predicted molar refractivity (Wildman–Crippen MR) is 84.5 cm³/mol. The lowest BCUT2D eigenvalue weighted by Crippen LogP contribution is -2.44. The van der Waals surface area contributed by atoms with Gasteiger partial charge in [-0.2, -0.15) is 0 Å². The fraction of sp³-hybridized carbons (Fsp3) is 0.929. The summed E-state index contributed by atoms with van der Waals surface area (Å²) >= 11 is 0. The van der Waals surface area contributed by atoms with Gasteiger partial charge in [-0.1, -0.05) is 19.8 Å². The quantitative estimate of drug-likeness (QED) is 0.592. The fourth-order valence-corrected chi connectivity index (χ4v) is 2.14. The highest BCUT2D eigenvalue weighted by Gasteiger charge is 2.08. The largest absolute Gasteiger partial charge is 0.372 e. The summed E-state index contributed by atoms with van der Waals surface area (Å²) in [5.41, 5.74) is 0. The van der Waals surface area contributed by atoms with E-state index in [1.54, 1.807) is 0 Å². The van der Waals surface area contributed by atoms with E-state index < -0.39 is 0 Å². The molecular formula is C14H30ClN3O2. The van der Waals surface area contributed by atoms with E-state index in [1.807, 2.05) is 0 Å². The lowest BCUT2D eigenvalue weighted by molar-refractivity contribution is -0.125. The molecule has 0 radical (unpaired) electrons. The molecule has 6 heteroatoms. The first-order valence-corrected chi connectivity index (χ1v) is 7.60. The number of ether oxygens (including phenoxy) is 1. The smallest absolute Gasteiger partial charge is 0.245 e. The first-order valence-electron chi connectivity index (χ1n) is 7.60. The zero-order valence-corrected chi connectivity index (χ0v) is 13.5. The van der Waals surface area contributed by atoms with Crippen LogP contribution in [-0.4, -0.2) is 63.3 Å². The zero-order chi connectivity index (χ0) is 13.8. The Bertz CT molecular complexity index is 236. The van der Waals surface area contributed by atoms with Crippen molar-refractivity contribution < 1.29 is 9.53 Å². The number of hydrogen-bond donors (Lipinski definition) is 2. The third-order valence-electron chi connectivity index (χ3n) is 3.31. The molecule has 1 aliphatic heterocycles. The Hall–Kier alpha value is -0.360. The van der Waals surface area contributed by atoms with Crippen LogP contribution in [0.1, 0.15) is 32.6 Å². The van der Waals surface area contributed by atoms with E-state index in [2.05, 4.69) is 22.5 Å². The van der Waals surface area contributed by atoms with Crippen LogP contribution in [0.3, 0.4) is 0 Å². The van der Waals surface area contributed by atoms with Crippen molar-refractivity contribution in [2.45, 2.75) is 32.6 Å². The van der Waals surface area contributed by atoms with Crippen LogP contribution < -0.4 is 10.6 Å². The van der Waals surface area contributed by atoms with Gasteiger partial charge >= 0.3 is 0 Å². The Kier molecular flexibility index (Phi) is 13.4. The molecule has 1 fully saturated rings.